The van der Waals surface area contributed by atoms with Gasteiger partial charge in [-0.2, -0.15) is 0 Å². The van der Waals surface area contributed by atoms with Crippen LogP contribution in [0.3, 0.4) is 0 Å². The van der Waals surface area contributed by atoms with Crippen LogP contribution in [-0.4, -0.2) is 13.1 Å². The van der Waals surface area contributed by atoms with Gasteiger partial charge in [0.15, 0.2) is 0 Å². The van der Waals surface area contributed by atoms with Crippen LogP contribution in [0.25, 0.3) is 10.8 Å². The van der Waals surface area contributed by atoms with Gasteiger partial charge < -0.3 is 4.74 Å². The zero-order chi connectivity index (χ0) is 10.8. The fraction of sp³-hybridized carbons (Fsp3) is 0.0833. The zero-order valence-electron chi connectivity index (χ0n) is 8.16. The summed E-state index contributed by atoms with van der Waals surface area (Å²) in [6.07, 6.45) is 0. The number of methoxy groups -OCH3 is 1. The van der Waals surface area contributed by atoms with Gasteiger partial charge in [-0.05, 0) is 22.9 Å². The minimum atomic E-state index is -0.654. The molecule has 0 N–H and O–H groups in total. The van der Waals surface area contributed by atoms with E-state index in [0.717, 1.165) is 10.8 Å². The molecule has 0 aromatic heterocycles. The van der Waals surface area contributed by atoms with Gasteiger partial charge in [-0.15, -0.1) is 0 Å². The minimum Gasteiger partial charge on any atom is -0.465 e. The molecule has 0 unspecified atom stereocenters. The Hall–Kier alpha value is -1.90. The van der Waals surface area contributed by atoms with Crippen LogP contribution >= 0.6 is 0 Å². The Labute approximate surface area is 86.3 Å². The average Bonchev–Trinajstić information content (AvgIpc) is 2.27. The molecule has 2 aromatic rings. The van der Waals surface area contributed by atoms with Gasteiger partial charge in [0.05, 0.1) is 12.7 Å². The number of hydrogen-bond acceptors (Lipinski definition) is 2. The van der Waals surface area contributed by atoms with E-state index in [1.54, 1.807) is 6.07 Å². The van der Waals surface area contributed by atoms with Crippen LogP contribution in [0.2, 0.25) is 0 Å². The first-order valence-electron chi connectivity index (χ1n) is 4.49. The van der Waals surface area contributed by atoms with Crippen molar-refractivity contribution >= 4 is 16.7 Å². The second-order valence-corrected chi connectivity index (χ2v) is 3.17. The third kappa shape index (κ3) is 1.68. The lowest BCUT2D eigenvalue weighted by atomic mass is 10.1. The minimum absolute atomic E-state index is 0.0313. The molecule has 0 saturated carbocycles. The van der Waals surface area contributed by atoms with Crippen LogP contribution in [0.15, 0.2) is 36.4 Å². The standard InChI is InChI=1S/C12H9FO2/c1-15-12(14)10-6-8-4-2-3-5-9(8)7-11(10)13/h2-7H,1H3. The maximum atomic E-state index is 13.5. The predicted octanol–water partition coefficient (Wildman–Crippen LogP) is 2.77. The molecular weight excluding hydrogens is 195 g/mol. The summed E-state index contributed by atoms with van der Waals surface area (Å²) in [5.41, 5.74) is -0.0313. The van der Waals surface area contributed by atoms with Crippen molar-refractivity contribution < 1.29 is 13.9 Å². The molecule has 0 aliphatic carbocycles. The van der Waals surface area contributed by atoms with Crippen molar-refractivity contribution in [2.45, 2.75) is 0 Å². The van der Waals surface area contributed by atoms with Crippen LogP contribution in [-0.2, 0) is 4.74 Å². The quantitative estimate of drug-likeness (QED) is 0.667. The first-order chi connectivity index (χ1) is 7.22. The lowest BCUT2D eigenvalue weighted by Gasteiger charge is -2.03. The lowest BCUT2D eigenvalue weighted by Crippen LogP contribution is -2.04. The number of benzene rings is 2. The van der Waals surface area contributed by atoms with Crippen molar-refractivity contribution in [1.29, 1.82) is 0 Å². The molecule has 0 atom stereocenters. The Morgan fingerprint density at radius 1 is 1.20 bits per heavy atom. The van der Waals surface area contributed by atoms with E-state index in [4.69, 9.17) is 0 Å². The predicted molar refractivity (Wildman–Crippen MR) is 55.2 cm³/mol. The van der Waals surface area contributed by atoms with Crippen molar-refractivity contribution in [2.24, 2.45) is 0 Å². The maximum Gasteiger partial charge on any atom is 0.340 e. The molecule has 15 heavy (non-hydrogen) atoms. The van der Waals surface area contributed by atoms with Crippen molar-refractivity contribution in [3.8, 4) is 0 Å². The number of hydrogen-bond donors (Lipinski definition) is 0. The van der Waals surface area contributed by atoms with Gasteiger partial charge in [-0.1, -0.05) is 24.3 Å². The van der Waals surface area contributed by atoms with Gasteiger partial charge in [0.25, 0.3) is 0 Å². The maximum absolute atomic E-state index is 13.5. The fourth-order valence-electron chi connectivity index (χ4n) is 1.48. The fourth-order valence-corrected chi connectivity index (χ4v) is 1.48. The lowest BCUT2D eigenvalue weighted by molar-refractivity contribution is 0.0596. The summed E-state index contributed by atoms with van der Waals surface area (Å²) in [6.45, 7) is 0. The summed E-state index contributed by atoms with van der Waals surface area (Å²) in [5.74, 6) is -1.21. The van der Waals surface area contributed by atoms with E-state index in [1.807, 2.05) is 18.2 Å². The molecule has 76 valence electrons. The van der Waals surface area contributed by atoms with Gasteiger partial charge >= 0.3 is 5.97 Å². The Bertz CT molecular complexity index is 520. The van der Waals surface area contributed by atoms with Gasteiger partial charge in [0.2, 0.25) is 0 Å². The van der Waals surface area contributed by atoms with Crippen molar-refractivity contribution in [2.75, 3.05) is 7.11 Å². The molecule has 0 bridgehead atoms. The second kappa shape index (κ2) is 3.69. The zero-order valence-corrected chi connectivity index (χ0v) is 8.16. The first-order valence-corrected chi connectivity index (χ1v) is 4.49. The summed E-state index contributed by atoms with van der Waals surface area (Å²) in [4.78, 5) is 11.2. The molecule has 0 saturated heterocycles. The number of carbonyl (C=O) groups is 1. The summed E-state index contributed by atoms with van der Waals surface area (Å²) < 4.78 is 17.9. The highest BCUT2D eigenvalue weighted by Gasteiger charge is 2.12. The molecule has 0 amide bonds. The molecule has 0 radical (unpaired) electrons. The van der Waals surface area contributed by atoms with E-state index in [1.165, 1.54) is 19.2 Å². The topological polar surface area (TPSA) is 26.3 Å². The highest BCUT2D eigenvalue weighted by molar-refractivity contribution is 5.95. The molecule has 0 fully saturated rings. The van der Waals surface area contributed by atoms with E-state index in [2.05, 4.69) is 4.74 Å². The van der Waals surface area contributed by atoms with E-state index in [9.17, 15) is 9.18 Å². The van der Waals surface area contributed by atoms with Gasteiger partial charge in [0, 0.05) is 0 Å². The molecule has 0 heterocycles. The highest BCUT2D eigenvalue weighted by atomic mass is 19.1. The third-order valence-corrected chi connectivity index (χ3v) is 2.24. The molecule has 0 aliphatic rings. The summed E-state index contributed by atoms with van der Waals surface area (Å²) in [7, 11) is 1.23. The largest absolute Gasteiger partial charge is 0.465 e. The molecule has 2 aromatic carbocycles. The van der Waals surface area contributed by atoms with E-state index < -0.39 is 11.8 Å². The average molecular weight is 204 g/mol. The molecule has 3 heteroatoms. The molecular formula is C12H9FO2. The van der Waals surface area contributed by atoms with Crippen LogP contribution in [0, 0.1) is 5.82 Å². The van der Waals surface area contributed by atoms with Crippen LogP contribution in [0.5, 0.6) is 0 Å². The second-order valence-electron chi connectivity index (χ2n) is 3.17. The summed E-state index contributed by atoms with van der Waals surface area (Å²) >= 11 is 0. The number of carbonyl (C=O) groups excluding carboxylic acids is 1. The van der Waals surface area contributed by atoms with Gasteiger partial charge in [-0.25, -0.2) is 9.18 Å². The van der Waals surface area contributed by atoms with Gasteiger partial charge in [0.1, 0.15) is 5.82 Å². The molecule has 0 aliphatic heterocycles. The third-order valence-electron chi connectivity index (χ3n) is 2.24. The number of fused-ring (bicyclic) bond motifs is 1. The van der Waals surface area contributed by atoms with Crippen molar-refractivity contribution in [3.63, 3.8) is 0 Å². The van der Waals surface area contributed by atoms with Crippen molar-refractivity contribution in [3.05, 3.63) is 47.8 Å². The highest BCUT2D eigenvalue weighted by Crippen LogP contribution is 2.19. The van der Waals surface area contributed by atoms with Crippen LogP contribution in [0.4, 0.5) is 4.39 Å². The smallest absolute Gasteiger partial charge is 0.340 e. The Morgan fingerprint density at radius 2 is 1.80 bits per heavy atom. The SMILES string of the molecule is COC(=O)c1cc2ccccc2cc1F. The molecule has 0 spiro atoms. The number of esters is 1. The number of halogens is 1. The van der Waals surface area contributed by atoms with E-state index in [0.29, 0.717) is 0 Å². The Balaban J connectivity index is 2.67. The Morgan fingerprint density at radius 3 is 2.40 bits per heavy atom. The van der Waals surface area contributed by atoms with E-state index >= 15 is 0 Å². The van der Waals surface area contributed by atoms with Crippen molar-refractivity contribution in [1.82, 2.24) is 0 Å². The molecule has 2 nitrogen and oxygen atoms in total. The van der Waals surface area contributed by atoms with E-state index in [-0.39, 0.29) is 5.56 Å². The van der Waals surface area contributed by atoms with Crippen LogP contribution < -0.4 is 0 Å². The summed E-state index contributed by atoms with van der Waals surface area (Å²) in [5, 5.41) is 1.59. The monoisotopic (exact) mass is 204 g/mol. The number of ether oxygens (including phenoxy) is 1. The van der Waals surface area contributed by atoms with Gasteiger partial charge in [-0.3, -0.25) is 0 Å². The Kier molecular flexibility index (Phi) is 2.37. The molecule has 2 rings (SSSR count). The number of rotatable bonds is 1. The van der Waals surface area contributed by atoms with Crippen LogP contribution in [0.1, 0.15) is 10.4 Å². The summed E-state index contributed by atoms with van der Waals surface area (Å²) in [6, 6.07) is 10.1. The normalized spacial score (nSPS) is 10.3. The first kappa shape index (κ1) is 9.65.